The first kappa shape index (κ1) is 19.4. The molecule has 1 aromatic carbocycles. The van der Waals surface area contributed by atoms with Crippen LogP contribution in [0.4, 0.5) is 21.7 Å². The van der Waals surface area contributed by atoms with Crippen molar-refractivity contribution in [2.45, 2.75) is 6.04 Å². The molecule has 3 heterocycles. The Morgan fingerprint density at radius 3 is 2.79 bits per heavy atom. The van der Waals surface area contributed by atoms with Crippen molar-refractivity contribution < 1.29 is 9.18 Å². The van der Waals surface area contributed by atoms with Crippen molar-refractivity contribution in [1.82, 2.24) is 20.3 Å². The fourth-order valence-electron chi connectivity index (χ4n) is 2.96. The number of carbonyl (C=O) groups excluding carboxylic acids is 1. The molecule has 0 aliphatic carbocycles. The topological polar surface area (TPSA) is 83.0 Å². The van der Waals surface area contributed by atoms with Crippen LogP contribution in [0.25, 0.3) is 11.0 Å². The minimum atomic E-state index is -0.675. The lowest BCUT2D eigenvalue weighted by molar-refractivity contribution is -0.117. The number of nitrogens with zero attached hydrogens (tertiary/aromatic N) is 4. The van der Waals surface area contributed by atoms with E-state index in [1.165, 1.54) is 24.5 Å². The molecule has 1 aliphatic heterocycles. The summed E-state index contributed by atoms with van der Waals surface area (Å²) in [5.41, 5.74) is 1.21. The van der Waals surface area contributed by atoms with E-state index in [1.54, 1.807) is 0 Å². The van der Waals surface area contributed by atoms with Crippen molar-refractivity contribution in [3.63, 3.8) is 0 Å². The summed E-state index contributed by atoms with van der Waals surface area (Å²) in [7, 11) is 0. The van der Waals surface area contributed by atoms with Crippen LogP contribution in [0.2, 0.25) is 10.0 Å². The van der Waals surface area contributed by atoms with E-state index in [1.807, 2.05) is 17.0 Å². The Kier molecular flexibility index (Phi) is 5.21. The third kappa shape index (κ3) is 3.81. The third-order valence-corrected chi connectivity index (χ3v) is 5.27. The van der Waals surface area contributed by atoms with Crippen LogP contribution in [0.3, 0.4) is 0 Å². The van der Waals surface area contributed by atoms with Gasteiger partial charge in [0, 0.05) is 13.1 Å². The molecular formula is C19H15Cl2FN6O. The maximum atomic E-state index is 14.4. The molecule has 2 aromatic heterocycles. The molecule has 0 bridgehead atoms. The highest BCUT2D eigenvalue weighted by Crippen LogP contribution is 2.32. The van der Waals surface area contributed by atoms with E-state index in [-0.39, 0.29) is 27.7 Å². The quantitative estimate of drug-likeness (QED) is 0.472. The van der Waals surface area contributed by atoms with Crippen molar-refractivity contribution in [3.8, 4) is 0 Å². The van der Waals surface area contributed by atoms with Gasteiger partial charge in [0.05, 0.1) is 27.3 Å². The number of hydrogen-bond donors (Lipinski definition) is 2. The average molecular weight is 433 g/mol. The van der Waals surface area contributed by atoms with Crippen LogP contribution in [0.15, 0.2) is 43.2 Å². The number of benzene rings is 1. The Bertz CT molecular complexity index is 1120. The lowest BCUT2D eigenvalue weighted by Crippen LogP contribution is -2.59. The fraction of sp³-hybridized carbons (Fsp3) is 0.158. The molecule has 148 valence electrons. The Hall–Kier alpha value is -2.97. The van der Waals surface area contributed by atoms with Gasteiger partial charge in [-0.05, 0) is 30.3 Å². The minimum Gasteiger partial charge on any atom is -0.352 e. The SMILES string of the molecule is C=CC(=O)NC1CN(c2ccc3ncnc(Nc4ccc(Cl)c(Cl)c4F)c3n2)C1. The summed E-state index contributed by atoms with van der Waals surface area (Å²) < 4.78 is 14.4. The smallest absolute Gasteiger partial charge is 0.243 e. The molecular weight excluding hydrogens is 418 g/mol. The van der Waals surface area contributed by atoms with Gasteiger partial charge in [0.1, 0.15) is 17.7 Å². The summed E-state index contributed by atoms with van der Waals surface area (Å²) in [5, 5.41) is 5.70. The van der Waals surface area contributed by atoms with Crippen LogP contribution >= 0.6 is 23.2 Å². The largest absolute Gasteiger partial charge is 0.352 e. The van der Waals surface area contributed by atoms with Crippen LogP contribution in [0.1, 0.15) is 0 Å². The Morgan fingerprint density at radius 1 is 1.24 bits per heavy atom. The lowest BCUT2D eigenvalue weighted by Gasteiger charge is -2.40. The first-order valence-electron chi connectivity index (χ1n) is 8.66. The average Bonchev–Trinajstić information content (AvgIpc) is 2.70. The summed E-state index contributed by atoms with van der Waals surface area (Å²) in [4.78, 5) is 26.4. The highest BCUT2D eigenvalue weighted by Gasteiger charge is 2.28. The van der Waals surface area contributed by atoms with Crippen molar-refractivity contribution in [2.24, 2.45) is 0 Å². The molecule has 1 saturated heterocycles. The molecule has 1 fully saturated rings. The van der Waals surface area contributed by atoms with Gasteiger partial charge in [0.15, 0.2) is 11.6 Å². The van der Waals surface area contributed by atoms with E-state index >= 15 is 0 Å². The number of halogens is 3. The summed E-state index contributed by atoms with van der Waals surface area (Å²) in [5.74, 6) is 0.163. The van der Waals surface area contributed by atoms with E-state index in [0.29, 0.717) is 35.8 Å². The second-order valence-electron chi connectivity index (χ2n) is 6.42. The number of pyridine rings is 1. The zero-order chi connectivity index (χ0) is 20.5. The molecule has 0 spiro atoms. The van der Waals surface area contributed by atoms with Gasteiger partial charge in [-0.3, -0.25) is 4.79 Å². The minimum absolute atomic E-state index is 0.0351. The standard InChI is InChI=1S/C19H15Cl2FN6O/c1-2-15(29)25-10-7-28(8-10)14-6-5-13-18(27-14)19(24-9-23-13)26-12-4-3-11(20)16(21)17(12)22/h2-6,9-10H,1,7-8H2,(H,25,29)(H,23,24,26). The molecule has 7 nitrogen and oxygen atoms in total. The van der Waals surface area contributed by atoms with Gasteiger partial charge < -0.3 is 15.5 Å². The van der Waals surface area contributed by atoms with Gasteiger partial charge in [0.25, 0.3) is 0 Å². The number of hydrogen-bond acceptors (Lipinski definition) is 6. The van der Waals surface area contributed by atoms with Gasteiger partial charge in [-0.1, -0.05) is 29.8 Å². The second kappa shape index (κ2) is 7.81. The number of nitrogens with one attached hydrogen (secondary N) is 2. The van der Waals surface area contributed by atoms with E-state index < -0.39 is 5.82 Å². The van der Waals surface area contributed by atoms with Crippen molar-refractivity contribution in [1.29, 1.82) is 0 Å². The monoisotopic (exact) mass is 432 g/mol. The van der Waals surface area contributed by atoms with Crippen LogP contribution in [0, 0.1) is 5.82 Å². The van der Waals surface area contributed by atoms with E-state index in [4.69, 9.17) is 23.2 Å². The first-order valence-corrected chi connectivity index (χ1v) is 9.42. The normalized spacial score (nSPS) is 13.8. The molecule has 4 rings (SSSR count). The molecule has 1 aliphatic rings. The van der Waals surface area contributed by atoms with Crippen LogP contribution in [-0.2, 0) is 4.79 Å². The molecule has 0 radical (unpaired) electrons. The molecule has 3 aromatic rings. The predicted molar refractivity (Wildman–Crippen MR) is 111 cm³/mol. The number of fused-ring (bicyclic) bond motifs is 1. The predicted octanol–water partition coefficient (Wildman–Crippen LogP) is 3.71. The van der Waals surface area contributed by atoms with Crippen LogP contribution in [-0.4, -0.2) is 40.0 Å². The zero-order valence-electron chi connectivity index (χ0n) is 15.0. The van der Waals surface area contributed by atoms with E-state index in [0.717, 1.165) is 0 Å². The summed E-state index contributed by atoms with van der Waals surface area (Å²) in [6.07, 6.45) is 2.61. The first-order chi connectivity index (χ1) is 14.0. The number of carbonyl (C=O) groups is 1. The summed E-state index contributed by atoms with van der Waals surface area (Å²) >= 11 is 11.7. The maximum absolute atomic E-state index is 14.4. The fourth-order valence-corrected chi connectivity index (χ4v) is 3.28. The van der Waals surface area contributed by atoms with Crippen LogP contribution < -0.4 is 15.5 Å². The summed E-state index contributed by atoms with van der Waals surface area (Å²) in [6.45, 7) is 4.68. The second-order valence-corrected chi connectivity index (χ2v) is 7.21. The number of anilines is 3. The Labute approximate surface area is 175 Å². The molecule has 10 heteroatoms. The molecule has 0 unspecified atom stereocenters. The lowest BCUT2D eigenvalue weighted by atomic mass is 10.1. The highest BCUT2D eigenvalue weighted by molar-refractivity contribution is 6.42. The van der Waals surface area contributed by atoms with Gasteiger partial charge in [0.2, 0.25) is 5.91 Å². The Morgan fingerprint density at radius 2 is 2.03 bits per heavy atom. The van der Waals surface area contributed by atoms with Gasteiger partial charge in [-0.2, -0.15) is 0 Å². The zero-order valence-corrected chi connectivity index (χ0v) is 16.5. The third-order valence-electron chi connectivity index (χ3n) is 4.49. The van der Waals surface area contributed by atoms with E-state index in [9.17, 15) is 9.18 Å². The van der Waals surface area contributed by atoms with Gasteiger partial charge in [-0.25, -0.2) is 19.3 Å². The molecule has 1 amide bonds. The van der Waals surface area contributed by atoms with Gasteiger partial charge in [-0.15, -0.1) is 0 Å². The van der Waals surface area contributed by atoms with E-state index in [2.05, 4.69) is 32.2 Å². The van der Waals surface area contributed by atoms with Crippen molar-refractivity contribution >= 4 is 57.5 Å². The van der Waals surface area contributed by atoms with Gasteiger partial charge >= 0.3 is 0 Å². The number of amides is 1. The van der Waals surface area contributed by atoms with Crippen molar-refractivity contribution in [2.75, 3.05) is 23.3 Å². The Balaban J connectivity index is 1.60. The molecule has 0 atom stereocenters. The number of rotatable bonds is 5. The molecule has 29 heavy (non-hydrogen) atoms. The van der Waals surface area contributed by atoms with Crippen molar-refractivity contribution in [3.05, 3.63) is 59.1 Å². The number of aromatic nitrogens is 3. The highest BCUT2D eigenvalue weighted by atomic mass is 35.5. The van der Waals surface area contributed by atoms with Crippen LogP contribution in [0.5, 0.6) is 0 Å². The summed E-state index contributed by atoms with van der Waals surface area (Å²) in [6, 6.07) is 6.65. The maximum Gasteiger partial charge on any atom is 0.243 e. The molecule has 0 saturated carbocycles. The molecule has 2 N–H and O–H groups in total.